The summed E-state index contributed by atoms with van der Waals surface area (Å²) >= 11 is 0. The van der Waals surface area contributed by atoms with Crippen molar-refractivity contribution in [3.05, 3.63) is 28.4 Å². The molecule has 0 saturated carbocycles. The van der Waals surface area contributed by atoms with Gasteiger partial charge in [0.15, 0.2) is 0 Å². The van der Waals surface area contributed by atoms with Crippen molar-refractivity contribution in [2.75, 3.05) is 6.54 Å². The first-order valence-electron chi connectivity index (χ1n) is 4.39. The number of aromatic nitrogens is 2. The molecule has 0 aliphatic heterocycles. The Balaban J connectivity index is 2.46. The number of rotatable bonds is 3. The number of hydrogen-bond donors (Lipinski definition) is 0. The smallest absolute Gasteiger partial charge is 0.0646 e. The van der Waals surface area contributed by atoms with E-state index in [1.165, 1.54) is 0 Å². The topological polar surface area (TPSA) is 66.6 Å². The molecule has 0 aliphatic rings. The van der Waals surface area contributed by atoms with Crippen LogP contribution in [0.2, 0.25) is 0 Å². The molecular formula is C9H11N5. The Morgan fingerprint density at radius 1 is 1.71 bits per heavy atom. The van der Waals surface area contributed by atoms with Crippen molar-refractivity contribution in [1.82, 2.24) is 9.78 Å². The summed E-state index contributed by atoms with van der Waals surface area (Å²) in [7, 11) is 0. The van der Waals surface area contributed by atoms with Crippen molar-refractivity contribution >= 4 is 0 Å². The van der Waals surface area contributed by atoms with E-state index < -0.39 is 0 Å². The molecule has 0 radical (unpaired) electrons. The zero-order chi connectivity index (χ0) is 10.2. The Morgan fingerprint density at radius 2 is 2.57 bits per heavy atom. The molecule has 0 amide bonds. The lowest BCUT2D eigenvalue weighted by atomic mass is 10.3. The molecule has 0 saturated heterocycles. The van der Waals surface area contributed by atoms with Gasteiger partial charge in [-0.1, -0.05) is 17.0 Å². The molecule has 1 heterocycles. The molecule has 1 aromatic heterocycles. The van der Waals surface area contributed by atoms with Gasteiger partial charge in [-0.3, -0.25) is 4.68 Å². The minimum absolute atomic E-state index is 0.422. The average Bonchev–Trinajstić information content (AvgIpc) is 2.65. The Hall–Kier alpha value is -1.92. The van der Waals surface area contributed by atoms with Crippen LogP contribution < -0.4 is 0 Å². The molecule has 0 fully saturated rings. The molecule has 14 heavy (non-hydrogen) atoms. The van der Waals surface area contributed by atoms with E-state index in [-0.39, 0.29) is 0 Å². The summed E-state index contributed by atoms with van der Waals surface area (Å²) in [6, 6.07) is 0. The van der Waals surface area contributed by atoms with Crippen molar-refractivity contribution in [3.63, 3.8) is 0 Å². The molecule has 1 rings (SSSR count). The second-order valence-electron chi connectivity index (χ2n) is 2.59. The van der Waals surface area contributed by atoms with E-state index in [0.717, 1.165) is 12.1 Å². The van der Waals surface area contributed by atoms with Crippen LogP contribution in [0.3, 0.4) is 0 Å². The second-order valence-corrected chi connectivity index (χ2v) is 2.59. The van der Waals surface area contributed by atoms with Crippen LogP contribution in [0.1, 0.15) is 18.9 Å². The van der Waals surface area contributed by atoms with Crippen LogP contribution in [0.4, 0.5) is 0 Å². The summed E-state index contributed by atoms with van der Waals surface area (Å²) in [6.45, 7) is 3.29. The highest BCUT2D eigenvalue weighted by Crippen LogP contribution is 1.94. The normalized spacial score (nSPS) is 8.64. The largest absolute Gasteiger partial charge is 0.272 e. The van der Waals surface area contributed by atoms with Crippen LogP contribution in [-0.2, 0) is 6.54 Å². The van der Waals surface area contributed by atoms with Crippen LogP contribution >= 0.6 is 0 Å². The van der Waals surface area contributed by atoms with Gasteiger partial charge in [0, 0.05) is 30.6 Å². The number of nitrogens with zero attached hydrogens (tertiary/aromatic N) is 5. The maximum Gasteiger partial charge on any atom is 0.0646 e. The third kappa shape index (κ3) is 3.21. The van der Waals surface area contributed by atoms with Gasteiger partial charge in [0.1, 0.15) is 0 Å². The third-order valence-electron chi connectivity index (χ3n) is 1.59. The van der Waals surface area contributed by atoms with Crippen LogP contribution in [0.15, 0.2) is 17.5 Å². The quantitative estimate of drug-likeness (QED) is 0.235. The number of hydrogen-bond acceptors (Lipinski definition) is 2. The van der Waals surface area contributed by atoms with Crippen molar-refractivity contribution in [3.8, 4) is 11.8 Å². The van der Waals surface area contributed by atoms with Crippen molar-refractivity contribution in [2.24, 2.45) is 5.11 Å². The summed E-state index contributed by atoms with van der Waals surface area (Å²) in [5.41, 5.74) is 8.91. The molecule has 72 valence electrons. The molecule has 0 aliphatic carbocycles. The lowest BCUT2D eigenvalue weighted by molar-refractivity contribution is 0.660. The summed E-state index contributed by atoms with van der Waals surface area (Å²) < 4.78 is 1.82. The van der Waals surface area contributed by atoms with E-state index >= 15 is 0 Å². The van der Waals surface area contributed by atoms with Crippen molar-refractivity contribution < 1.29 is 0 Å². The third-order valence-corrected chi connectivity index (χ3v) is 1.59. The van der Waals surface area contributed by atoms with Gasteiger partial charge in [-0.05, 0) is 12.5 Å². The summed E-state index contributed by atoms with van der Waals surface area (Å²) in [5, 5.41) is 7.46. The second kappa shape index (κ2) is 5.68. The molecule has 0 atom stereocenters. The molecule has 0 spiro atoms. The van der Waals surface area contributed by atoms with E-state index in [0.29, 0.717) is 13.0 Å². The van der Waals surface area contributed by atoms with Crippen LogP contribution in [0, 0.1) is 11.8 Å². The Kier molecular flexibility index (Phi) is 4.12. The highest BCUT2D eigenvalue weighted by atomic mass is 15.3. The standard InChI is InChI=1S/C9H11N5/c1-2-14-8-9(7-12-14)5-3-4-6-11-13-10/h7-8H,2,4,6H2,1H3. The number of aryl methyl sites for hydroxylation is 1. The predicted octanol–water partition coefficient (Wildman–Crippen LogP) is 1.95. The first-order chi connectivity index (χ1) is 6.86. The highest BCUT2D eigenvalue weighted by Gasteiger charge is 1.90. The molecule has 0 unspecified atom stereocenters. The van der Waals surface area contributed by atoms with Gasteiger partial charge < -0.3 is 0 Å². The van der Waals surface area contributed by atoms with Gasteiger partial charge in [0.05, 0.1) is 11.8 Å². The minimum atomic E-state index is 0.422. The fourth-order valence-corrected chi connectivity index (χ4v) is 0.916. The van der Waals surface area contributed by atoms with E-state index in [2.05, 4.69) is 27.0 Å². The fourth-order valence-electron chi connectivity index (χ4n) is 0.916. The maximum atomic E-state index is 8.01. The lowest BCUT2D eigenvalue weighted by Crippen LogP contribution is -1.91. The molecule has 5 nitrogen and oxygen atoms in total. The fraction of sp³-hybridized carbons (Fsp3) is 0.444. The van der Waals surface area contributed by atoms with Gasteiger partial charge in [-0.25, -0.2) is 0 Å². The van der Waals surface area contributed by atoms with E-state index in [1.54, 1.807) is 6.20 Å². The first kappa shape index (κ1) is 10.2. The van der Waals surface area contributed by atoms with E-state index in [1.807, 2.05) is 17.8 Å². The van der Waals surface area contributed by atoms with Gasteiger partial charge in [0.25, 0.3) is 0 Å². The molecule has 0 bridgehead atoms. The van der Waals surface area contributed by atoms with Gasteiger partial charge >= 0.3 is 0 Å². The molecule has 5 heteroatoms. The van der Waals surface area contributed by atoms with Crippen LogP contribution in [0.5, 0.6) is 0 Å². The molecule has 0 N–H and O–H groups in total. The lowest BCUT2D eigenvalue weighted by Gasteiger charge is -1.88. The number of azide groups is 1. The first-order valence-corrected chi connectivity index (χ1v) is 4.39. The summed E-state index contributed by atoms with van der Waals surface area (Å²) in [4.78, 5) is 2.64. The highest BCUT2D eigenvalue weighted by molar-refractivity contribution is 5.29. The van der Waals surface area contributed by atoms with Crippen LogP contribution in [-0.4, -0.2) is 16.3 Å². The summed E-state index contributed by atoms with van der Waals surface area (Å²) in [5.74, 6) is 5.85. The maximum absolute atomic E-state index is 8.01. The van der Waals surface area contributed by atoms with Crippen molar-refractivity contribution in [2.45, 2.75) is 19.9 Å². The Morgan fingerprint density at radius 3 is 3.21 bits per heavy atom. The predicted molar refractivity (Wildman–Crippen MR) is 53.4 cm³/mol. The van der Waals surface area contributed by atoms with E-state index in [4.69, 9.17) is 5.53 Å². The zero-order valence-electron chi connectivity index (χ0n) is 8.01. The van der Waals surface area contributed by atoms with Gasteiger partial charge in [-0.15, -0.1) is 0 Å². The Labute approximate surface area is 82.4 Å². The Bertz CT molecular complexity index is 389. The SMILES string of the molecule is CCn1cc(C#CCCN=[N+]=[N-])cn1. The average molecular weight is 189 g/mol. The van der Waals surface area contributed by atoms with Crippen LogP contribution in [0.25, 0.3) is 10.4 Å². The molecular weight excluding hydrogens is 178 g/mol. The molecule has 1 aromatic rings. The van der Waals surface area contributed by atoms with Crippen molar-refractivity contribution in [1.29, 1.82) is 0 Å². The summed E-state index contributed by atoms with van der Waals surface area (Å²) in [6.07, 6.45) is 4.20. The van der Waals surface area contributed by atoms with E-state index in [9.17, 15) is 0 Å². The zero-order valence-corrected chi connectivity index (χ0v) is 8.01. The minimum Gasteiger partial charge on any atom is -0.272 e. The monoisotopic (exact) mass is 189 g/mol. The van der Waals surface area contributed by atoms with Gasteiger partial charge in [0.2, 0.25) is 0 Å². The van der Waals surface area contributed by atoms with Gasteiger partial charge in [-0.2, -0.15) is 5.10 Å². The molecule has 0 aromatic carbocycles.